The zero-order chi connectivity index (χ0) is 28.9. The van der Waals surface area contributed by atoms with E-state index < -0.39 is 20.7 Å². The fourth-order valence-electron chi connectivity index (χ4n) is 4.68. The summed E-state index contributed by atoms with van der Waals surface area (Å²) in [6, 6.07) is 17.0. The summed E-state index contributed by atoms with van der Waals surface area (Å²) in [6.45, 7) is 10.2. The van der Waals surface area contributed by atoms with Gasteiger partial charge in [-0.3, -0.25) is 0 Å². The number of carbonyl (C=O) groups excluding carboxylic acids is 1. The molecule has 1 amide bonds. The number of carbonyl (C=O) groups is 1. The van der Waals surface area contributed by atoms with Gasteiger partial charge in [0, 0.05) is 38.9 Å². The molecule has 0 spiro atoms. The van der Waals surface area contributed by atoms with Crippen LogP contribution in [0.1, 0.15) is 65.9 Å². The molecule has 212 valence electrons. The lowest BCUT2D eigenvalue weighted by Crippen LogP contribution is -2.34. The first kappa shape index (κ1) is 29.5. The summed E-state index contributed by atoms with van der Waals surface area (Å²) in [5.74, 6) is 2.62. The summed E-state index contributed by atoms with van der Waals surface area (Å²) in [6.07, 6.45) is 5.65. The minimum absolute atomic E-state index is 0.0302. The van der Waals surface area contributed by atoms with Crippen LogP contribution >= 0.6 is 8.53 Å². The molecule has 0 aliphatic heterocycles. The van der Waals surface area contributed by atoms with Gasteiger partial charge >= 0.3 is 6.09 Å². The molecule has 2 aromatic carbocycles. The quantitative estimate of drug-likeness (QED) is 0.141. The van der Waals surface area contributed by atoms with Crippen molar-refractivity contribution >= 4 is 14.6 Å². The largest absolute Gasteiger partial charge is 0.449 e. The predicted molar refractivity (Wildman–Crippen MR) is 157 cm³/mol. The molecule has 1 unspecified atom stereocenters. The molecule has 3 rings (SSSR count). The maximum atomic E-state index is 12.4. The summed E-state index contributed by atoms with van der Waals surface area (Å²) in [5.41, 5.74) is 4.77. The van der Waals surface area contributed by atoms with Crippen molar-refractivity contribution in [3.05, 3.63) is 59.7 Å². The highest BCUT2D eigenvalue weighted by molar-refractivity contribution is 7.44. The Morgan fingerprint density at radius 3 is 2.28 bits per heavy atom. The second-order valence-corrected chi connectivity index (χ2v) is 11.4. The molecule has 39 heavy (non-hydrogen) atoms. The second-order valence-electron chi connectivity index (χ2n) is 9.99. The zero-order valence-electron chi connectivity index (χ0n) is 24.6. The topological polar surface area (TPSA) is 69.3 Å². The van der Waals surface area contributed by atoms with Crippen LogP contribution in [0.3, 0.4) is 0 Å². The molecule has 0 aromatic heterocycles. The molecule has 1 N–H and O–H groups in total. The maximum absolute atomic E-state index is 12.4. The van der Waals surface area contributed by atoms with Crippen molar-refractivity contribution in [2.24, 2.45) is 0 Å². The van der Waals surface area contributed by atoms with E-state index >= 15 is 0 Å². The predicted octanol–water partition coefficient (Wildman–Crippen LogP) is 6.72. The minimum atomic E-state index is -1.32. The van der Waals surface area contributed by atoms with Gasteiger partial charge in [0.05, 0.1) is 19.3 Å². The number of rotatable bonds is 16. The van der Waals surface area contributed by atoms with Crippen LogP contribution in [0, 0.1) is 12.3 Å². The Labute approximate surface area is 236 Å². The Bertz CT molecular complexity index is 1060. The summed E-state index contributed by atoms with van der Waals surface area (Å²) in [4.78, 5) is 12.4. The number of hydrogen-bond acceptors (Lipinski definition) is 6. The number of nitrogens with one attached hydrogen (secondary N) is 1. The number of benzene rings is 2. The van der Waals surface area contributed by atoms with Gasteiger partial charge in [-0.2, -0.15) is 0 Å². The van der Waals surface area contributed by atoms with E-state index in [4.69, 9.17) is 26.3 Å². The van der Waals surface area contributed by atoms with E-state index in [9.17, 15) is 4.79 Å². The van der Waals surface area contributed by atoms with Crippen molar-refractivity contribution in [2.45, 2.75) is 71.5 Å². The second kappa shape index (κ2) is 16.0. The van der Waals surface area contributed by atoms with Gasteiger partial charge in [-0.25, -0.2) is 9.46 Å². The van der Waals surface area contributed by atoms with Gasteiger partial charge in [-0.15, -0.1) is 12.3 Å². The number of nitrogens with zero attached hydrogens (tertiary/aromatic N) is 1. The van der Waals surface area contributed by atoms with E-state index in [2.05, 4.69) is 67.9 Å². The minimum Gasteiger partial charge on any atom is -0.449 e. The average Bonchev–Trinajstić information content (AvgIpc) is 3.26. The molecule has 1 aliphatic rings. The lowest BCUT2D eigenvalue weighted by Gasteiger charge is -2.36. The molecule has 1 aliphatic carbocycles. The maximum Gasteiger partial charge on any atom is 0.407 e. The molecule has 0 heterocycles. The lowest BCUT2D eigenvalue weighted by molar-refractivity contribution is 0.0251. The molecule has 0 saturated carbocycles. The Hall–Kier alpha value is -2.46. The normalized spacial score (nSPS) is 14.6. The number of ether oxygens (including phenoxy) is 2. The van der Waals surface area contributed by atoms with Crippen LogP contribution in [0.25, 0.3) is 11.1 Å². The van der Waals surface area contributed by atoms with Crippen LogP contribution in [-0.2, 0) is 18.5 Å². The third-order valence-electron chi connectivity index (χ3n) is 6.35. The molecular weight excluding hydrogens is 511 g/mol. The first-order valence-corrected chi connectivity index (χ1v) is 14.8. The van der Waals surface area contributed by atoms with Gasteiger partial charge in [-0.1, -0.05) is 48.5 Å². The van der Waals surface area contributed by atoms with E-state index in [0.717, 1.165) is 0 Å². The molecule has 0 bridgehead atoms. The summed E-state index contributed by atoms with van der Waals surface area (Å²) in [5, 5.41) is 2.81. The fraction of sp³-hybridized carbons (Fsp3) is 0.516. The van der Waals surface area contributed by atoms with Gasteiger partial charge in [-0.05, 0) is 63.3 Å². The van der Waals surface area contributed by atoms with E-state index in [1.165, 1.54) is 22.3 Å². The van der Waals surface area contributed by atoms with Crippen LogP contribution in [0.15, 0.2) is 48.5 Å². The first-order chi connectivity index (χ1) is 19.4. The Balaban J connectivity index is 1.38. The highest BCUT2D eigenvalue weighted by atomic mass is 31.2. The molecule has 0 saturated heterocycles. The monoisotopic (exact) mass is 555 g/mol. The Morgan fingerprint density at radius 2 is 1.69 bits per heavy atom. The van der Waals surface area contributed by atoms with E-state index in [0.29, 0.717) is 32.6 Å². The van der Waals surface area contributed by atoms with Gasteiger partial charge < -0.3 is 23.8 Å². The Morgan fingerprint density at radius 1 is 1.05 bits per heavy atom. The smallest absolute Gasteiger partial charge is 0.407 e. The fourth-order valence-corrected chi connectivity index (χ4v) is 6.32. The van der Waals surface area contributed by atoms with Crippen molar-refractivity contribution in [1.29, 1.82) is 0 Å². The van der Waals surface area contributed by atoms with Crippen molar-refractivity contribution in [2.75, 3.05) is 33.0 Å². The van der Waals surface area contributed by atoms with E-state index in [1.807, 2.05) is 24.3 Å². The van der Waals surface area contributed by atoms with E-state index in [1.54, 1.807) is 0 Å². The molecular formula is C31H43N2O5P. The van der Waals surface area contributed by atoms with Crippen LogP contribution in [-0.4, -0.2) is 61.9 Å². The number of terminal acetylenes is 1. The first-order valence-electron chi connectivity index (χ1n) is 14.3. The lowest BCUT2D eigenvalue weighted by atomic mass is 9.98. The van der Waals surface area contributed by atoms with Crippen LogP contribution in [0.5, 0.6) is 0 Å². The molecule has 2 atom stereocenters. The number of amides is 1. The van der Waals surface area contributed by atoms with Gasteiger partial charge in [0.2, 0.25) is 0 Å². The number of hydrogen-bond donors (Lipinski definition) is 1. The average molecular weight is 556 g/mol. The van der Waals surface area contributed by atoms with Crippen molar-refractivity contribution in [3.63, 3.8) is 0 Å². The van der Waals surface area contributed by atoms with Crippen LogP contribution < -0.4 is 5.32 Å². The molecule has 0 radical (unpaired) electrons. The highest BCUT2D eigenvalue weighted by Crippen LogP contribution is 2.46. The number of alkyl carbamates (subject to hydrolysis) is 1. The van der Waals surface area contributed by atoms with Crippen molar-refractivity contribution in [3.8, 4) is 23.5 Å². The van der Waals surface area contributed by atoms with Crippen LogP contribution in [0.2, 0.25) is 0 Å². The van der Waals surface area contributed by atoms with Gasteiger partial charge in [0.25, 0.3) is 8.53 Å². The molecule has 8 heteroatoms. The molecule has 2 aromatic rings. The third kappa shape index (κ3) is 9.03. The van der Waals surface area contributed by atoms with Crippen molar-refractivity contribution in [1.82, 2.24) is 9.99 Å². The van der Waals surface area contributed by atoms with E-state index in [-0.39, 0.29) is 38.1 Å². The summed E-state index contributed by atoms with van der Waals surface area (Å²) < 4.78 is 33.6. The van der Waals surface area contributed by atoms with Crippen LogP contribution in [0.4, 0.5) is 4.79 Å². The molecule has 7 nitrogen and oxygen atoms in total. The van der Waals surface area contributed by atoms with Gasteiger partial charge in [0.15, 0.2) is 0 Å². The summed E-state index contributed by atoms with van der Waals surface area (Å²) in [7, 11) is -1.32. The van der Waals surface area contributed by atoms with Crippen molar-refractivity contribution < 1.29 is 24.7 Å². The highest BCUT2D eigenvalue weighted by Gasteiger charge is 2.29. The SMILES string of the molecule is [2H]C[C@@H](COP(OCCC#C)N(C(C)C)C(C)C)OCCCNC(=O)OCC1c2ccccc2-c2ccccc21. The zero-order valence-corrected chi connectivity index (χ0v) is 24.5. The standard InChI is InChI=1S/C31H43N2O5P/c1-7-8-20-37-39(33(23(2)3)24(4)5)38-21-25(6)35-19-13-18-32-31(34)36-22-30-28-16-11-9-14-26(28)27-15-10-12-17-29(27)30/h1,9-12,14-17,23-25,30H,8,13,18-22H2,2-6H3,(H,32,34)/t25-,39?/m0/s1/i6D. The van der Waals surface area contributed by atoms with Gasteiger partial charge in [0.1, 0.15) is 6.61 Å². The molecule has 0 fully saturated rings. The summed E-state index contributed by atoms with van der Waals surface area (Å²) >= 11 is 0. The number of fused-ring (bicyclic) bond motifs is 3. The third-order valence-corrected chi connectivity index (χ3v) is 8.43. The Kier molecular flexibility index (Phi) is 12.1.